The SMILES string of the molecule is O=S(=O)(c1ccc(Cl)cc1)c1ccc(-c2ccccc2-c2ccc(S(=O)(=O)c3ccc(Cl)cc3)cc2)cc1. The Kier molecular flexibility index (Phi) is 7.16. The highest BCUT2D eigenvalue weighted by molar-refractivity contribution is 7.91. The summed E-state index contributed by atoms with van der Waals surface area (Å²) in [6, 6.07) is 33.2. The number of hydrogen-bond donors (Lipinski definition) is 0. The Hall–Kier alpha value is -3.42. The molecule has 0 radical (unpaired) electrons. The smallest absolute Gasteiger partial charge is 0.206 e. The van der Waals surface area contributed by atoms with Gasteiger partial charge in [0.05, 0.1) is 19.6 Å². The molecule has 0 aliphatic rings. The van der Waals surface area contributed by atoms with Crippen LogP contribution in [0, 0.1) is 0 Å². The van der Waals surface area contributed by atoms with Gasteiger partial charge in [-0.15, -0.1) is 0 Å². The zero-order chi connectivity index (χ0) is 26.9. The van der Waals surface area contributed by atoms with E-state index in [4.69, 9.17) is 23.2 Å². The van der Waals surface area contributed by atoms with Gasteiger partial charge in [-0.25, -0.2) is 16.8 Å². The summed E-state index contributed by atoms with van der Waals surface area (Å²) < 4.78 is 52.1. The van der Waals surface area contributed by atoms with Gasteiger partial charge in [0.2, 0.25) is 19.7 Å². The molecule has 0 amide bonds. The summed E-state index contributed by atoms with van der Waals surface area (Å²) in [4.78, 5) is 0.697. The lowest BCUT2D eigenvalue weighted by molar-refractivity contribution is 0.594. The molecule has 0 saturated heterocycles. The van der Waals surface area contributed by atoms with Crippen LogP contribution in [0.25, 0.3) is 22.3 Å². The van der Waals surface area contributed by atoms with Crippen LogP contribution in [0.4, 0.5) is 0 Å². The molecule has 5 rings (SSSR count). The zero-order valence-electron chi connectivity index (χ0n) is 19.8. The predicted molar refractivity (Wildman–Crippen MR) is 151 cm³/mol. The highest BCUT2D eigenvalue weighted by Crippen LogP contribution is 2.34. The van der Waals surface area contributed by atoms with Crippen LogP contribution in [0.3, 0.4) is 0 Å². The fourth-order valence-corrected chi connectivity index (χ4v) is 6.89. The third-order valence-corrected chi connectivity index (χ3v) is 10.2. The lowest BCUT2D eigenvalue weighted by Crippen LogP contribution is -2.02. The van der Waals surface area contributed by atoms with Crippen molar-refractivity contribution in [3.8, 4) is 22.3 Å². The van der Waals surface area contributed by atoms with E-state index >= 15 is 0 Å². The van der Waals surface area contributed by atoms with E-state index in [0.717, 1.165) is 22.3 Å². The fourth-order valence-electron chi connectivity index (χ4n) is 4.11. The Morgan fingerprint density at radius 3 is 0.921 bits per heavy atom. The molecule has 190 valence electrons. The van der Waals surface area contributed by atoms with Gasteiger partial charge in [0.1, 0.15) is 0 Å². The first-order valence-electron chi connectivity index (χ1n) is 11.5. The highest BCUT2D eigenvalue weighted by Gasteiger charge is 2.19. The molecule has 0 atom stereocenters. The number of benzene rings is 5. The van der Waals surface area contributed by atoms with Gasteiger partial charge in [0, 0.05) is 10.0 Å². The van der Waals surface area contributed by atoms with Crippen molar-refractivity contribution in [1.29, 1.82) is 0 Å². The standard InChI is InChI=1S/C30H20Cl2O4S2/c31-23-9-17-27(18-10-23)37(33,34)25-13-5-21(6-14-25)29-3-1-2-4-30(29)22-7-15-26(16-8-22)38(35,36)28-19-11-24(32)12-20-28/h1-20H. The Morgan fingerprint density at radius 1 is 0.368 bits per heavy atom. The van der Waals surface area contributed by atoms with Crippen LogP contribution in [0.15, 0.2) is 141 Å². The first kappa shape index (κ1) is 26.2. The monoisotopic (exact) mass is 578 g/mol. The molecular weight excluding hydrogens is 559 g/mol. The third kappa shape index (κ3) is 5.13. The van der Waals surface area contributed by atoms with E-state index in [-0.39, 0.29) is 19.6 Å². The molecule has 5 aromatic carbocycles. The van der Waals surface area contributed by atoms with Crippen LogP contribution >= 0.6 is 23.2 Å². The average Bonchev–Trinajstić information content (AvgIpc) is 2.94. The van der Waals surface area contributed by atoms with Crippen molar-refractivity contribution in [3.63, 3.8) is 0 Å². The lowest BCUT2D eigenvalue weighted by Gasteiger charge is -2.12. The maximum atomic E-state index is 13.0. The van der Waals surface area contributed by atoms with Gasteiger partial charge in [-0.1, -0.05) is 71.7 Å². The van der Waals surface area contributed by atoms with Crippen LogP contribution in [-0.2, 0) is 19.7 Å². The largest absolute Gasteiger partial charge is 0.219 e. The normalized spacial score (nSPS) is 11.8. The van der Waals surface area contributed by atoms with Crippen LogP contribution < -0.4 is 0 Å². The van der Waals surface area contributed by atoms with E-state index in [1.807, 2.05) is 24.3 Å². The van der Waals surface area contributed by atoms with Gasteiger partial charge in [0.15, 0.2) is 0 Å². The molecule has 5 aromatic rings. The highest BCUT2D eigenvalue weighted by atomic mass is 35.5. The van der Waals surface area contributed by atoms with Crippen molar-refractivity contribution >= 4 is 42.9 Å². The molecule has 0 saturated carbocycles. The number of sulfone groups is 2. The molecule has 0 N–H and O–H groups in total. The molecule has 0 aliphatic carbocycles. The maximum Gasteiger partial charge on any atom is 0.206 e. The number of hydrogen-bond acceptors (Lipinski definition) is 4. The molecule has 0 unspecified atom stereocenters. The van der Waals surface area contributed by atoms with Gasteiger partial charge < -0.3 is 0 Å². The molecule has 0 aliphatic heterocycles. The minimum Gasteiger partial charge on any atom is -0.219 e. The molecule has 4 nitrogen and oxygen atoms in total. The Morgan fingerprint density at radius 2 is 0.632 bits per heavy atom. The summed E-state index contributed by atoms with van der Waals surface area (Å²) in [6.07, 6.45) is 0. The van der Waals surface area contributed by atoms with E-state index in [1.54, 1.807) is 72.8 Å². The molecular formula is C30H20Cl2O4S2. The predicted octanol–water partition coefficient (Wildman–Crippen LogP) is 7.99. The van der Waals surface area contributed by atoms with Crippen LogP contribution in [-0.4, -0.2) is 16.8 Å². The van der Waals surface area contributed by atoms with Crippen LogP contribution in [0.2, 0.25) is 10.0 Å². The van der Waals surface area contributed by atoms with Crippen molar-refractivity contribution in [2.45, 2.75) is 19.6 Å². The van der Waals surface area contributed by atoms with E-state index in [2.05, 4.69) is 0 Å². The van der Waals surface area contributed by atoms with Gasteiger partial charge in [0.25, 0.3) is 0 Å². The van der Waals surface area contributed by atoms with Gasteiger partial charge in [-0.05, 0) is 95.1 Å². The molecule has 0 fully saturated rings. The van der Waals surface area contributed by atoms with Crippen molar-refractivity contribution < 1.29 is 16.8 Å². The lowest BCUT2D eigenvalue weighted by atomic mass is 9.95. The summed E-state index contributed by atoms with van der Waals surface area (Å²) in [5.74, 6) is 0. The van der Waals surface area contributed by atoms with Gasteiger partial charge in [-0.2, -0.15) is 0 Å². The van der Waals surface area contributed by atoms with Gasteiger partial charge in [-0.3, -0.25) is 0 Å². The topological polar surface area (TPSA) is 68.3 Å². The Labute approximate surface area is 232 Å². The second kappa shape index (κ2) is 10.4. The second-order valence-electron chi connectivity index (χ2n) is 8.51. The third-order valence-electron chi connectivity index (χ3n) is 6.13. The van der Waals surface area contributed by atoms with Crippen molar-refractivity contribution in [2.75, 3.05) is 0 Å². The summed E-state index contributed by atoms with van der Waals surface area (Å²) in [5.41, 5.74) is 3.43. The summed E-state index contributed by atoms with van der Waals surface area (Å²) in [7, 11) is -7.37. The summed E-state index contributed by atoms with van der Waals surface area (Å²) in [6.45, 7) is 0. The number of halogens is 2. The first-order valence-corrected chi connectivity index (χ1v) is 15.2. The van der Waals surface area contributed by atoms with Crippen molar-refractivity contribution in [3.05, 3.63) is 131 Å². The molecule has 38 heavy (non-hydrogen) atoms. The van der Waals surface area contributed by atoms with E-state index in [0.29, 0.717) is 10.0 Å². The molecule has 0 bridgehead atoms. The second-order valence-corrected chi connectivity index (χ2v) is 13.3. The molecule has 8 heteroatoms. The molecule has 0 heterocycles. The number of rotatable bonds is 6. The first-order chi connectivity index (χ1) is 18.2. The van der Waals surface area contributed by atoms with Crippen molar-refractivity contribution in [1.82, 2.24) is 0 Å². The van der Waals surface area contributed by atoms with E-state index < -0.39 is 19.7 Å². The summed E-state index contributed by atoms with van der Waals surface area (Å²) >= 11 is 11.8. The Bertz CT molecular complexity index is 1680. The van der Waals surface area contributed by atoms with E-state index in [1.165, 1.54) is 24.3 Å². The minimum atomic E-state index is -3.68. The molecule has 0 spiro atoms. The van der Waals surface area contributed by atoms with Gasteiger partial charge >= 0.3 is 0 Å². The average molecular weight is 580 g/mol. The zero-order valence-corrected chi connectivity index (χ0v) is 22.9. The van der Waals surface area contributed by atoms with Crippen LogP contribution in [0.1, 0.15) is 0 Å². The van der Waals surface area contributed by atoms with Crippen LogP contribution in [0.5, 0.6) is 0 Å². The molecule has 0 aromatic heterocycles. The fraction of sp³-hybridized carbons (Fsp3) is 0. The minimum absolute atomic E-state index is 0.170. The summed E-state index contributed by atoms with van der Waals surface area (Å²) in [5, 5.41) is 0.929. The quantitative estimate of drug-likeness (QED) is 0.205. The maximum absolute atomic E-state index is 13.0. The van der Waals surface area contributed by atoms with E-state index in [9.17, 15) is 16.8 Å². The van der Waals surface area contributed by atoms with Crippen molar-refractivity contribution in [2.24, 2.45) is 0 Å². The Balaban J connectivity index is 1.46.